The van der Waals surface area contributed by atoms with Gasteiger partial charge in [0.2, 0.25) is 10.0 Å². The van der Waals surface area contributed by atoms with Crippen molar-refractivity contribution in [1.29, 1.82) is 0 Å². The molecule has 0 spiro atoms. The lowest BCUT2D eigenvalue weighted by molar-refractivity contribution is 0.380. The lowest BCUT2D eigenvalue weighted by Gasteiger charge is -2.22. The Morgan fingerprint density at radius 3 is 2.73 bits per heavy atom. The van der Waals surface area contributed by atoms with Crippen LogP contribution in [0, 0.1) is 5.82 Å². The predicted octanol–water partition coefficient (Wildman–Crippen LogP) is 3.25. The van der Waals surface area contributed by atoms with Gasteiger partial charge in [0, 0.05) is 12.6 Å². The quantitative estimate of drug-likeness (QED) is 0.810. The third-order valence-electron chi connectivity index (χ3n) is 3.58. The molecule has 1 aromatic heterocycles. The van der Waals surface area contributed by atoms with Crippen molar-refractivity contribution in [2.75, 3.05) is 7.11 Å². The summed E-state index contributed by atoms with van der Waals surface area (Å²) in [7, 11) is -2.42. The first-order chi connectivity index (χ1) is 10.5. The Morgan fingerprint density at radius 2 is 2.14 bits per heavy atom. The average Bonchev–Trinajstić information content (AvgIpc) is 3.20. The van der Waals surface area contributed by atoms with Gasteiger partial charge in [0.25, 0.3) is 0 Å². The molecule has 1 fully saturated rings. The summed E-state index contributed by atoms with van der Waals surface area (Å²) in [6.45, 7) is 0.302. The van der Waals surface area contributed by atoms with Crippen LogP contribution in [-0.4, -0.2) is 25.9 Å². The Labute approximate surface area is 133 Å². The Balaban J connectivity index is 2.00. The zero-order valence-corrected chi connectivity index (χ0v) is 13.7. The first-order valence-corrected chi connectivity index (χ1v) is 9.27. The van der Waals surface area contributed by atoms with Crippen molar-refractivity contribution in [3.05, 3.63) is 46.4 Å². The molecule has 0 saturated heterocycles. The van der Waals surface area contributed by atoms with Gasteiger partial charge in [-0.2, -0.15) is 15.6 Å². The van der Waals surface area contributed by atoms with E-state index in [9.17, 15) is 12.8 Å². The van der Waals surface area contributed by atoms with Crippen molar-refractivity contribution >= 4 is 21.4 Å². The van der Waals surface area contributed by atoms with E-state index in [-0.39, 0.29) is 16.7 Å². The van der Waals surface area contributed by atoms with Gasteiger partial charge in [0.05, 0.1) is 7.11 Å². The normalized spacial score (nSPS) is 15.2. The van der Waals surface area contributed by atoms with E-state index in [1.54, 1.807) is 0 Å². The van der Waals surface area contributed by atoms with E-state index in [1.165, 1.54) is 34.9 Å². The van der Waals surface area contributed by atoms with Gasteiger partial charge in [-0.15, -0.1) is 0 Å². The highest BCUT2D eigenvalue weighted by Gasteiger charge is 2.39. The van der Waals surface area contributed by atoms with E-state index in [0.717, 1.165) is 24.5 Å². The molecule has 22 heavy (non-hydrogen) atoms. The van der Waals surface area contributed by atoms with Crippen LogP contribution in [0.4, 0.5) is 4.39 Å². The lowest BCUT2D eigenvalue weighted by Crippen LogP contribution is -2.32. The van der Waals surface area contributed by atoms with E-state index < -0.39 is 15.8 Å². The van der Waals surface area contributed by atoms with Gasteiger partial charge < -0.3 is 4.74 Å². The minimum atomic E-state index is -3.81. The molecule has 0 amide bonds. The Kier molecular flexibility index (Phi) is 4.20. The van der Waals surface area contributed by atoms with Gasteiger partial charge >= 0.3 is 0 Å². The molecule has 0 aliphatic heterocycles. The fourth-order valence-electron chi connectivity index (χ4n) is 2.31. The molecule has 1 aliphatic carbocycles. The second-order valence-electron chi connectivity index (χ2n) is 5.21. The molecule has 118 valence electrons. The summed E-state index contributed by atoms with van der Waals surface area (Å²) in [6, 6.07) is 5.45. The maximum Gasteiger partial charge on any atom is 0.247 e. The fourth-order valence-corrected chi connectivity index (χ4v) is 4.82. The number of benzene rings is 1. The second-order valence-corrected chi connectivity index (χ2v) is 7.85. The summed E-state index contributed by atoms with van der Waals surface area (Å²) in [6.07, 6.45) is 1.67. The highest BCUT2D eigenvalue weighted by molar-refractivity contribution is 7.89. The maximum absolute atomic E-state index is 13.5. The van der Waals surface area contributed by atoms with Crippen LogP contribution in [0.3, 0.4) is 0 Å². The largest absolute Gasteiger partial charge is 0.495 e. The Bertz CT molecular complexity index is 755. The van der Waals surface area contributed by atoms with Crippen molar-refractivity contribution in [1.82, 2.24) is 4.31 Å². The van der Waals surface area contributed by atoms with Gasteiger partial charge in [0.15, 0.2) is 0 Å². The fraction of sp³-hybridized carbons (Fsp3) is 0.333. The molecular formula is C15H16FNO3S2. The van der Waals surface area contributed by atoms with Crippen molar-refractivity contribution in [3.63, 3.8) is 0 Å². The SMILES string of the molecule is COc1ccc(F)cc1S(=O)(=O)N(Cc1ccsc1)C1CC1. The molecule has 2 aromatic rings. The molecule has 4 nitrogen and oxygen atoms in total. The van der Waals surface area contributed by atoms with Crippen LogP contribution in [0.5, 0.6) is 5.75 Å². The molecule has 7 heteroatoms. The topological polar surface area (TPSA) is 46.6 Å². The summed E-state index contributed by atoms with van der Waals surface area (Å²) < 4.78 is 46.0. The summed E-state index contributed by atoms with van der Waals surface area (Å²) in [5.74, 6) is -0.428. The van der Waals surface area contributed by atoms with E-state index in [1.807, 2.05) is 16.8 Å². The summed E-state index contributed by atoms with van der Waals surface area (Å²) >= 11 is 1.52. The van der Waals surface area contributed by atoms with Crippen molar-refractivity contribution < 1.29 is 17.5 Å². The van der Waals surface area contributed by atoms with Gasteiger partial charge in [-0.3, -0.25) is 0 Å². The third kappa shape index (κ3) is 3.02. The lowest BCUT2D eigenvalue weighted by atomic mass is 10.3. The number of sulfonamides is 1. The first-order valence-electron chi connectivity index (χ1n) is 6.89. The number of ether oxygens (including phenoxy) is 1. The van der Waals surface area contributed by atoms with E-state index >= 15 is 0 Å². The molecule has 0 N–H and O–H groups in total. The van der Waals surface area contributed by atoms with E-state index in [4.69, 9.17) is 4.74 Å². The zero-order chi connectivity index (χ0) is 15.7. The van der Waals surface area contributed by atoms with E-state index in [0.29, 0.717) is 6.54 Å². The van der Waals surface area contributed by atoms with Crippen LogP contribution in [0.2, 0.25) is 0 Å². The van der Waals surface area contributed by atoms with E-state index in [2.05, 4.69) is 0 Å². The van der Waals surface area contributed by atoms with Crippen LogP contribution in [-0.2, 0) is 16.6 Å². The van der Waals surface area contributed by atoms with Crippen LogP contribution < -0.4 is 4.74 Å². The first kappa shape index (κ1) is 15.5. The molecule has 0 atom stereocenters. The molecule has 0 radical (unpaired) electrons. The van der Waals surface area contributed by atoms with Crippen molar-refractivity contribution in [3.8, 4) is 5.75 Å². The molecule has 0 unspecified atom stereocenters. The molecule has 1 aromatic carbocycles. The predicted molar refractivity (Wildman–Crippen MR) is 83.0 cm³/mol. The monoisotopic (exact) mass is 341 g/mol. The molecule has 1 heterocycles. The minimum Gasteiger partial charge on any atom is -0.495 e. The number of methoxy groups -OCH3 is 1. The van der Waals surface area contributed by atoms with Gasteiger partial charge in [-0.25, -0.2) is 12.8 Å². The Hall–Kier alpha value is -1.44. The molecule has 3 rings (SSSR count). The number of thiophene rings is 1. The van der Waals surface area contributed by atoms with Crippen LogP contribution in [0.15, 0.2) is 39.9 Å². The van der Waals surface area contributed by atoms with Crippen LogP contribution in [0.25, 0.3) is 0 Å². The smallest absolute Gasteiger partial charge is 0.247 e. The standard InChI is InChI=1S/C15H16FNO3S2/c1-20-14-5-2-12(16)8-15(14)22(18,19)17(13-3-4-13)9-11-6-7-21-10-11/h2,5-8,10,13H,3-4,9H2,1H3. The second kappa shape index (κ2) is 5.98. The molecule has 1 aliphatic rings. The highest BCUT2D eigenvalue weighted by atomic mass is 32.2. The highest BCUT2D eigenvalue weighted by Crippen LogP contribution is 2.36. The number of rotatable bonds is 6. The summed E-state index contributed by atoms with van der Waals surface area (Å²) in [5, 5.41) is 3.84. The zero-order valence-electron chi connectivity index (χ0n) is 12.0. The van der Waals surface area contributed by atoms with Crippen LogP contribution in [0.1, 0.15) is 18.4 Å². The van der Waals surface area contributed by atoms with Gasteiger partial charge in [-0.05, 0) is 53.4 Å². The molecule has 0 bridgehead atoms. The van der Waals surface area contributed by atoms with Gasteiger partial charge in [-0.1, -0.05) is 0 Å². The van der Waals surface area contributed by atoms with Gasteiger partial charge in [0.1, 0.15) is 16.5 Å². The van der Waals surface area contributed by atoms with Crippen molar-refractivity contribution in [2.24, 2.45) is 0 Å². The molecule has 1 saturated carbocycles. The molecular weight excluding hydrogens is 325 g/mol. The number of hydrogen-bond donors (Lipinski definition) is 0. The number of halogens is 1. The summed E-state index contributed by atoms with van der Waals surface area (Å²) in [4.78, 5) is -0.114. The number of hydrogen-bond acceptors (Lipinski definition) is 4. The van der Waals surface area contributed by atoms with Crippen LogP contribution >= 0.6 is 11.3 Å². The van der Waals surface area contributed by atoms with Crippen molar-refractivity contribution in [2.45, 2.75) is 30.3 Å². The maximum atomic E-state index is 13.5. The summed E-state index contributed by atoms with van der Waals surface area (Å²) in [5.41, 5.74) is 0.941. The average molecular weight is 341 g/mol. The Morgan fingerprint density at radius 1 is 1.36 bits per heavy atom. The minimum absolute atomic E-state index is 0.0159. The number of nitrogens with zero attached hydrogens (tertiary/aromatic N) is 1. The third-order valence-corrected chi connectivity index (χ3v) is 6.24.